The number of hydrogen-bond acceptors (Lipinski definition) is 4. The number of carboxylic acids is 2. The fourth-order valence-electron chi connectivity index (χ4n) is 1.26. The van der Waals surface area contributed by atoms with Crippen LogP contribution in [0.2, 0.25) is 0 Å². The molecular weight excluding hydrogens is 240 g/mol. The molecule has 0 aliphatic carbocycles. The Bertz CT molecular complexity index is 446. The third-order valence-electron chi connectivity index (χ3n) is 2.17. The van der Waals surface area contributed by atoms with Gasteiger partial charge < -0.3 is 15.5 Å². The van der Waals surface area contributed by atoms with Crippen molar-refractivity contribution in [2.45, 2.75) is 18.9 Å². The van der Waals surface area contributed by atoms with Gasteiger partial charge in [0.2, 0.25) is 0 Å². The van der Waals surface area contributed by atoms with E-state index in [9.17, 15) is 14.4 Å². The highest BCUT2D eigenvalue weighted by molar-refractivity contribution is 5.96. The van der Waals surface area contributed by atoms with Crippen molar-refractivity contribution >= 4 is 17.8 Å². The van der Waals surface area contributed by atoms with Gasteiger partial charge in [-0.25, -0.2) is 4.79 Å². The Hall–Kier alpha value is -2.44. The Morgan fingerprint density at radius 3 is 2.56 bits per heavy atom. The number of nitrogens with zero attached hydrogens (tertiary/aromatic N) is 1. The van der Waals surface area contributed by atoms with Crippen LogP contribution in [0.5, 0.6) is 0 Å². The molecule has 0 radical (unpaired) electrons. The second kappa shape index (κ2) is 6.33. The van der Waals surface area contributed by atoms with Crippen molar-refractivity contribution in [2.24, 2.45) is 0 Å². The highest BCUT2D eigenvalue weighted by Gasteiger charge is 2.21. The number of hydrogen-bond donors (Lipinski definition) is 3. The van der Waals surface area contributed by atoms with E-state index in [1.165, 1.54) is 18.5 Å². The second-order valence-corrected chi connectivity index (χ2v) is 3.54. The molecule has 0 saturated carbocycles. The SMILES string of the molecule is O=C(O)CC[C@@H](NC(=O)c1cccnc1)C(=O)O. The van der Waals surface area contributed by atoms with Crippen molar-refractivity contribution in [2.75, 3.05) is 0 Å². The van der Waals surface area contributed by atoms with Gasteiger partial charge in [0.1, 0.15) is 6.04 Å². The zero-order valence-corrected chi connectivity index (χ0v) is 9.37. The van der Waals surface area contributed by atoms with E-state index in [0.29, 0.717) is 0 Å². The van der Waals surface area contributed by atoms with E-state index < -0.39 is 23.9 Å². The van der Waals surface area contributed by atoms with Crippen molar-refractivity contribution in [3.05, 3.63) is 30.1 Å². The van der Waals surface area contributed by atoms with Crippen LogP contribution in [0.15, 0.2) is 24.5 Å². The van der Waals surface area contributed by atoms with Gasteiger partial charge in [0.15, 0.2) is 0 Å². The molecule has 1 atom stereocenters. The molecule has 0 bridgehead atoms. The number of aliphatic carboxylic acids is 2. The molecule has 0 fully saturated rings. The van der Waals surface area contributed by atoms with Crippen LogP contribution < -0.4 is 5.32 Å². The van der Waals surface area contributed by atoms with Crippen LogP contribution in [0.25, 0.3) is 0 Å². The Kier molecular flexibility index (Phi) is 4.79. The molecule has 0 aliphatic rings. The smallest absolute Gasteiger partial charge is 0.326 e. The third-order valence-corrected chi connectivity index (χ3v) is 2.17. The molecule has 18 heavy (non-hydrogen) atoms. The van der Waals surface area contributed by atoms with Gasteiger partial charge in [0, 0.05) is 18.8 Å². The maximum absolute atomic E-state index is 11.6. The average Bonchev–Trinajstić information content (AvgIpc) is 2.34. The maximum Gasteiger partial charge on any atom is 0.326 e. The first-order valence-electron chi connectivity index (χ1n) is 5.16. The number of rotatable bonds is 6. The molecule has 0 saturated heterocycles. The minimum absolute atomic E-state index is 0.170. The number of carbonyl (C=O) groups is 3. The molecule has 3 N–H and O–H groups in total. The summed E-state index contributed by atoms with van der Waals surface area (Å²) in [5, 5.41) is 19.6. The van der Waals surface area contributed by atoms with Gasteiger partial charge in [-0.15, -0.1) is 0 Å². The minimum atomic E-state index is -1.27. The van der Waals surface area contributed by atoms with Crippen LogP contribution in [-0.2, 0) is 9.59 Å². The van der Waals surface area contributed by atoms with E-state index >= 15 is 0 Å². The van der Waals surface area contributed by atoms with Crippen LogP contribution in [-0.4, -0.2) is 39.1 Å². The summed E-state index contributed by atoms with van der Waals surface area (Å²) in [7, 11) is 0. The van der Waals surface area contributed by atoms with E-state index in [2.05, 4.69) is 10.3 Å². The maximum atomic E-state index is 11.6. The second-order valence-electron chi connectivity index (χ2n) is 3.54. The van der Waals surface area contributed by atoms with Gasteiger partial charge >= 0.3 is 11.9 Å². The van der Waals surface area contributed by atoms with E-state index in [1.807, 2.05) is 0 Å². The van der Waals surface area contributed by atoms with Crippen molar-refractivity contribution in [1.82, 2.24) is 10.3 Å². The van der Waals surface area contributed by atoms with E-state index in [1.54, 1.807) is 6.07 Å². The van der Waals surface area contributed by atoms with Crippen LogP contribution in [0.4, 0.5) is 0 Å². The first-order valence-corrected chi connectivity index (χ1v) is 5.16. The summed E-state index contributed by atoms with van der Waals surface area (Å²) >= 11 is 0. The zero-order valence-electron chi connectivity index (χ0n) is 9.37. The zero-order chi connectivity index (χ0) is 13.5. The first-order chi connectivity index (χ1) is 8.50. The first kappa shape index (κ1) is 13.6. The number of aromatic nitrogens is 1. The molecule has 7 heteroatoms. The third kappa shape index (κ3) is 4.20. The molecule has 96 valence electrons. The predicted octanol–water partition coefficient (Wildman–Crippen LogP) is 0.129. The number of amides is 1. The summed E-state index contributed by atoms with van der Waals surface area (Å²) in [4.78, 5) is 36.6. The lowest BCUT2D eigenvalue weighted by Crippen LogP contribution is -2.41. The summed E-state index contributed by atoms with van der Waals surface area (Å²) in [5.74, 6) is -2.98. The van der Waals surface area contributed by atoms with Gasteiger partial charge in [-0.05, 0) is 18.6 Å². The lowest BCUT2D eigenvalue weighted by molar-refractivity contribution is -0.140. The van der Waals surface area contributed by atoms with Gasteiger partial charge in [-0.1, -0.05) is 0 Å². The molecule has 7 nitrogen and oxygen atoms in total. The van der Waals surface area contributed by atoms with Crippen LogP contribution in [0.1, 0.15) is 23.2 Å². The molecule has 0 aromatic carbocycles. The highest BCUT2D eigenvalue weighted by Crippen LogP contribution is 2.01. The molecule has 0 aliphatic heterocycles. The number of carboxylic acid groups (broad SMARTS) is 2. The fraction of sp³-hybridized carbons (Fsp3) is 0.273. The van der Waals surface area contributed by atoms with Crippen molar-refractivity contribution in [3.8, 4) is 0 Å². The number of carbonyl (C=O) groups excluding carboxylic acids is 1. The molecular formula is C11H12N2O5. The Balaban J connectivity index is 2.64. The summed E-state index contributed by atoms with van der Waals surface area (Å²) in [6, 6.07) is 1.80. The van der Waals surface area contributed by atoms with Gasteiger partial charge in [0.25, 0.3) is 5.91 Å². The largest absolute Gasteiger partial charge is 0.481 e. The van der Waals surface area contributed by atoms with Gasteiger partial charge in [-0.2, -0.15) is 0 Å². The molecule has 1 rings (SSSR count). The molecule has 0 unspecified atom stereocenters. The number of nitrogens with one attached hydrogen (secondary N) is 1. The summed E-state index contributed by atoms with van der Waals surface area (Å²) in [6.45, 7) is 0. The standard InChI is InChI=1S/C11H12N2O5/c14-9(15)4-3-8(11(17)18)13-10(16)7-2-1-5-12-6-7/h1-2,5-6,8H,3-4H2,(H,13,16)(H,14,15)(H,17,18)/t8-/m1/s1. The van der Waals surface area contributed by atoms with E-state index in [0.717, 1.165) is 0 Å². The summed E-state index contributed by atoms with van der Waals surface area (Å²) in [6.07, 6.45) is 2.28. The van der Waals surface area contributed by atoms with Crippen molar-refractivity contribution in [1.29, 1.82) is 0 Å². The quantitative estimate of drug-likeness (QED) is 0.662. The van der Waals surface area contributed by atoms with Gasteiger partial charge in [-0.3, -0.25) is 14.6 Å². The molecule has 1 heterocycles. The fourth-order valence-corrected chi connectivity index (χ4v) is 1.26. The minimum Gasteiger partial charge on any atom is -0.481 e. The summed E-state index contributed by atoms with van der Waals surface area (Å²) < 4.78 is 0. The molecule has 1 aromatic rings. The van der Waals surface area contributed by atoms with E-state index in [-0.39, 0.29) is 18.4 Å². The topological polar surface area (TPSA) is 117 Å². The average molecular weight is 252 g/mol. The molecule has 1 aromatic heterocycles. The van der Waals surface area contributed by atoms with E-state index in [4.69, 9.17) is 10.2 Å². The Labute approximate surface area is 102 Å². The number of pyridine rings is 1. The highest BCUT2D eigenvalue weighted by atomic mass is 16.4. The monoisotopic (exact) mass is 252 g/mol. The normalized spacial score (nSPS) is 11.6. The van der Waals surface area contributed by atoms with Crippen LogP contribution >= 0.6 is 0 Å². The lowest BCUT2D eigenvalue weighted by atomic mass is 10.1. The Morgan fingerprint density at radius 1 is 1.33 bits per heavy atom. The van der Waals surface area contributed by atoms with Crippen molar-refractivity contribution < 1.29 is 24.6 Å². The Morgan fingerprint density at radius 2 is 2.06 bits per heavy atom. The molecule has 0 spiro atoms. The molecule has 1 amide bonds. The van der Waals surface area contributed by atoms with Crippen molar-refractivity contribution in [3.63, 3.8) is 0 Å². The lowest BCUT2D eigenvalue weighted by Gasteiger charge is -2.13. The van der Waals surface area contributed by atoms with Crippen LogP contribution in [0, 0.1) is 0 Å². The van der Waals surface area contributed by atoms with Gasteiger partial charge in [0.05, 0.1) is 5.56 Å². The van der Waals surface area contributed by atoms with Crippen LogP contribution in [0.3, 0.4) is 0 Å². The predicted molar refractivity (Wildman–Crippen MR) is 60.0 cm³/mol. The summed E-state index contributed by atoms with van der Waals surface area (Å²) in [5.41, 5.74) is 0.221.